The molecule has 2 heterocycles. The molecule has 0 fully saturated rings. The van der Waals surface area contributed by atoms with E-state index in [1.165, 1.54) is 45.7 Å². The molecule has 0 aliphatic heterocycles. The number of rotatable bonds is 6. The zero-order valence-electron chi connectivity index (χ0n) is 17.7. The van der Waals surface area contributed by atoms with E-state index in [0.29, 0.717) is 33.7 Å². The van der Waals surface area contributed by atoms with Gasteiger partial charge >= 0.3 is 0 Å². The van der Waals surface area contributed by atoms with E-state index in [1.807, 2.05) is 18.2 Å². The number of fused-ring (bicyclic) bond motifs is 1. The summed E-state index contributed by atoms with van der Waals surface area (Å²) in [4.78, 5) is 17.9. The number of furan rings is 1. The minimum Gasteiger partial charge on any atom is -0.495 e. The van der Waals surface area contributed by atoms with Crippen molar-refractivity contribution in [2.24, 2.45) is 0 Å². The molecule has 0 unspecified atom stereocenters. The number of amides is 1. The van der Waals surface area contributed by atoms with Crippen LogP contribution in [0, 0.1) is 0 Å². The summed E-state index contributed by atoms with van der Waals surface area (Å²) in [5, 5.41) is 3.44. The Hall–Kier alpha value is -3.69. The summed E-state index contributed by atoms with van der Waals surface area (Å²) < 4.78 is 37.0. The molecule has 4 aromatic rings. The topological polar surface area (TPSA) is 102 Å². The highest BCUT2D eigenvalue weighted by Crippen LogP contribution is 2.30. The van der Waals surface area contributed by atoms with Gasteiger partial charge in [-0.15, -0.1) is 0 Å². The Morgan fingerprint density at radius 1 is 1.06 bits per heavy atom. The maximum Gasteiger partial charge on any atom is 0.256 e. The number of anilines is 1. The van der Waals surface area contributed by atoms with E-state index in [1.54, 1.807) is 24.3 Å². The van der Waals surface area contributed by atoms with Crippen LogP contribution in [0.2, 0.25) is 0 Å². The Balaban J connectivity index is 1.79. The van der Waals surface area contributed by atoms with E-state index in [-0.39, 0.29) is 10.6 Å². The number of nitrogens with zero attached hydrogens (tertiary/aromatic N) is 2. The molecular formula is C23H21N3O5S. The average Bonchev–Trinajstić information content (AvgIpc) is 3.33. The number of carbonyl (C=O) groups is 1. The molecule has 0 spiro atoms. The molecule has 164 valence electrons. The van der Waals surface area contributed by atoms with E-state index in [2.05, 4.69) is 10.3 Å². The number of hydrogen-bond acceptors (Lipinski definition) is 6. The third kappa shape index (κ3) is 3.95. The van der Waals surface area contributed by atoms with Crippen LogP contribution in [0.3, 0.4) is 0 Å². The highest BCUT2D eigenvalue weighted by molar-refractivity contribution is 7.89. The van der Waals surface area contributed by atoms with E-state index < -0.39 is 15.9 Å². The Bertz CT molecular complexity index is 1400. The first-order chi connectivity index (χ1) is 15.3. The van der Waals surface area contributed by atoms with Crippen LogP contribution >= 0.6 is 0 Å². The number of nitrogens with one attached hydrogen (secondary N) is 1. The molecule has 8 nitrogen and oxygen atoms in total. The molecule has 0 aliphatic rings. The number of para-hydroxylation sites is 1. The lowest BCUT2D eigenvalue weighted by Gasteiger charge is -2.16. The molecule has 0 aliphatic carbocycles. The molecule has 1 N–H and O–H groups in total. The highest BCUT2D eigenvalue weighted by atomic mass is 32.2. The van der Waals surface area contributed by atoms with Crippen molar-refractivity contribution in [3.05, 3.63) is 72.5 Å². The molecule has 0 radical (unpaired) electrons. The Morgan fingerprint density at radius 2 is 1.84 bits per heavy atom. The monoisotopic (exact) mass is 451 g/mol. The quantitative estimate of drug-likeness (QED) is 0.475. The van der Waals surface area contributed by atoms with Gasteiger partial charge in [-0.25, -0.2) is 17.7 Å². The zero-order valence-corrected chi connectivity index (χ0v) is 18.5. The minimum absolute atomic E-state index is 0.0365. The zero-order chi connectivity index (χ0) is 22.9. The van der Waals surface area contributed by atoms with Crippen molar-refractivity contribution in [3.63, 3.8) is 0 Å². The number of aromatic nitrogens is 1. The van der Waals surface area contributed by atoms with Crippen LogP contribution in [0.25, 0.3) is 22.4 Å². The number of carbonyl (C=O) groups excluding carboxylic acids is 1. The van der Waals surface area contributed by atoms with Crippen LogP contribution < -0.4 is 10.1 Å². The molecule has 2 aromatic carbocycles. The Labute approximate surface area is 185 Å². The molecule has 0 atom stereocenters. The molecule has 4 rings (SSSR count). The molecule has 1 amide bonds. The highest BCUT2D eigenvalue weighted by Gasteiger charge is 2.21. The van der Waals surface area contributed by atoms with Gasteiger partial charge in [-0.05, 0) is 42.5 Å². The van der Waals surface area contributed by atoms with Crippen molar-refractivity contribution < 1.29 is 22.4 Å². The van der Waals surface area contributed by atoms with Crippen molar-refractivity contribution in [1.82, 2.24) is 9.29 Å². The van der Waals surface area contributed by atoms with Gasteiger partial charge in [-0.2, -0.15) is 0 Å². The van der Waals surface area contributed by atoms with E-state index in [4.69, 9.17) is 9.15 Å². The van der Waals surface area contributed by atoms with Gasteiger partial charge in [-0.3, -0.25) is 4.79 Å². The normalized spacial score (nSPS) is 11.6. The lowest BCUT2D eigenvalue weighted by Crippen LogP contribution is -2.22. The Kier molecular flexibility index (Phi) is 5.68. The fraction of sp³-hybridized carbons (Fsp3) is 0.130. The molecule has 2 aromatic heterocycles. The molecular weight excluding hydrogens is 430 g/mol. The first kappa shape index (κ1) is 21.5. The SMILES string of the molecule is COc1ccc(S(=O)(=O)N(C)C)cc1NC(=O)c1cc(-c2ccco2)nc2ccccc12. The van der Waals surface area contributed by atoms with Gasteiger partial charge in [0, 0.05) is 19.5 Å². The van der Waals surface area contributed by atoms with Crippen molar-refractivity contribution >= 4 is 32.5 Å². The third-order valence-corrected chi connectivity index (χ3v) is 6.74. The summed E-state index contributed by atoms with van der Waals surface area (Å²) in [5.41, 5.74) is 1.74. The first-order valence-corrected chi connectivity index (χ1v) is 11.1. The van der Waals surface area contributed by atoms with Crippen molar-refractivity contribution in [1.29, 1.82) is 0 Å². The van der Waals surface area contributed by atoms with Crippen LogP contribution in [-0.4, -0.2) is 44.8 Å². The second-order valence-electron chi connectivity index (χ2n) is 7.15. The van der Waals surface area contributed by atoms with Gasteiger partial charge in [0.15, 0.2) is 5.76 Å². The first-order valence-electron chi connectivity index (χ1n) is 9.67. The number of pyridine rings is 1. The maximum atomic E-state index is 13.3. The van der Waals surface area contributed by atoms with Crippen LogP contribution in [0.5, 0.6) is 5.75 Å². The smallest absolute Gasteiger partial charge is 0.256 e. The standard InChI is InChI=1S/C23H21N3O5S/c1-26(2)32(28,29)15-10-11-21(30-3)19(13-15)25-23(27)17-14-20(22-9-6-12-31-22)24-18-8-5-4-7-16(17)18/h4-14H,1-3H3,(H,25,27). The van der Waals surface area contributed by atoms with Crippen LogP contribution in [0.1, 0.15) is 10.4 Å². The Morgan fingerprint density at radius 3 is 2.53 bits per heavy atom. The summed E-state index contributed by atoms with van der Waals surface area (Å²) in [7, 11) is 0.638. The predicted octanol–water partition coefficient (Wildman–Crippen LogP) is 4.01. The van der Waals surface area contributed by atoms with Crippen LogP contribution in [0.15, 0.2) is 76.2 Å². The van der Waals surface area contributed by atoms with Crippen LogP contribution in [0.4, 0.5) is 5.69 Å². The molecule has 32 heavy (non-hydrogen) atoms. The number of methoxy groups -OCH3 is 1. The van der Waals surface area contributed by atoms with Crippen molar-refractivity contribution in [2.75, 3.05) is 26.5 Å². The van der Waals surface area contributed by atoms with E-state index in [9.17, 15) is 13.2 Å². The number of ether oxygens (including phenoxy) is 1. The third-order valence-electron chi connectivity index (χ3n) is 4.93. The van der Waals surface area contributed by atoms with E-state index >= 15 is 0 Å². The average molecular weight is 452 g/mol. The molecule has 0 saturated heterocycles. The van der Waals surface area contributed by atoms with Gasteiger partial charge in [-0.1, -0.05) is 18.2 Å². The largest absolute Gasteiger partial charge is 0.495 e. The summed E-state index contributed by atoms with van der Waals surface area (Å²) in [6, 6.07) is 16.7. The van der Waals surface area contributed by atoms with Gasteiger partial charge < -0.3 is 14.5 Å². The van der Waals surface area contributed by atoms with Gasteiger partial charge in [0.2, 0.25) is 10.0 Å². The molecule has 9 heteroatoms. The summed E-state index contributed by atoms with van der Waals surface area (Å²) in [6.45, 7) is 0. The van der Waals surface area contributed by atoms with Crippen LogP contribution in [-0.2, 0) is 10.0 Å². The van der Waals surface area contributed by atoms with Crippen molar-refractivity contribution in [3.8, 4) is 17.2 Å². The second-order valence-corrected chi connectivity index (χ2v) is 9.30. The summed E-state index contributed by atoms with van der Waals surface area (Å²) >= 11 is 0. The van der Waals surface area contributed by atoms with Crippen molar-refractivity contribution in [2.45, 2.75) is 4.90 Å². The summed E-state index contributed by atoms with van der Waals surface area (Å²) in [6.07, 6.45) is 1.54. The number of benzene rings is 2. The minimum atomic E-state index is -3.69. The molecule has 0 saturated carbocycles. The molecule has 0 bridgehead atoms. The van der Waals surface area contributed by atoms with Gasteiger partial charge in [0.1, 0.15) is 11.4 Å². The second kappa shape index (κ2) is 8.45. The van der Waals surface area contributed by atoms with Gasteiger partial charge in [0.25, 0.3) is 5.91 Å². The fourth-order valence-electron chi connectivity index (χ4n) is 3.26. The number of sulfonamides is 1. The maximum absolute atomic E-state index is 13.3. The van der Waals surface area contributed by atoms with E-state index in [0.717, 1.165) is 4.31 Å². The summed E-state index contributed by atoms with van der Waals surface area (Å²) in [5.74, 6) is 0.427. The predicted molar refractivity (Wildman–Crippen MR) is 121 cm³/mol. The lowest BCUT2D eigenvalue weighted by molar-refractivity contribution is 0.102. The van der Waals surface area contributed by atoms with Gasteiger partial charge in [0.05, 0.1) is 35.0 Å². The number of hydrogen-bond donors (Lipinski definition) is 1. The fourth-order valence-corrected chi connectivity index (χ4v) is 4.19. The lowest BCUT2D eigenvalue weighted by atomic mass is 10.1.